The molecule has 0 aliphatic carbocycles. The molecule has 0 aliphatic rings. The molecule has 3 aromatic carbocycles. The van der Waals surface area contributed by atoms with Gasteiger partial charge in [0.25, 0.3) is 0 Å². The number of carbonyl (C=O) groups excluding carboxylic acids is 2. The SMILES string of the molecule is O=C(NN(C(=O)OCc1ccc(Cl)cc1)c1c(-c2ccccc2)nc2ccccn12)OCc1ccc(Cl)cc1. The van der Waals surface area contributed by atoms with Crippen LogP contribution in [0.25, 0.3) is 16.9 Å². The van der Waals surface area contributed by atoms with E-state index in [1.54, 1.807) is 71.3 Å². The fourth-order valence-electron chi connectivity index (χ4n) is 3.81. The summed E-state index contributed by atoms with van der Waals surface area (Å²) < 4.78 is 12.7. The molecule has 0 atom stereocenters. The lowest BCUT2D eigenvalue weighted by Crippen LogP contribution is -2.47. The zero-order chi connectivity index (χ0) is 27.2. The number of imidazole rings is 1. The van der Waals surface area contributed by atoms with Crippen LogP contribution in [0, 0.1) is 0 Å². The van der Waals surface area contributed by atoms with E-state index in [1.165, 1.54) is 0 Å². The Hall–Kier alpha value is -4.53. The van der Waals surface area contributed by atoms with E-state index in [0.717, 1.165) is 21.7 Å². The smallest absolute Gasteiger partial charge is 0.435 e. The van der Waals surface area contributed by atoms with E-state index in [1.807, 2.05) is 36.4 Å². The molecule has 0 aliphatic heterocycles. The van der Waals surface area contributed by atoms with Crippen LogP contribution in [0.5, 0.6) is 0 Å². The molecule has 2 amide bonds. The van der Waals surface area contributed by atoms with Crippen LogP contribution in [0.3, 0.4) is 0 Å². The average Bonchev–Trinajstić information content (AvgIpc) is 3.35. The van der Waals surface area contributed by atoms with Gasteiger partial charge < -0.3 is 9.47 Å². The molecular weight excluding hydrogens is 539 g/mol. The van der Waals surface area contributed by atoms with Gasteiger partial charge in [0.05, 0.1) is 0 Å². The number of anilines is 1. The maximum Gasteiger partial charge on any atom is 0.435 e. The lowest BCUT2D eigenvalue weighted by molar-refractivity contribution is 0.126. The predicted octanol–water partition coefficient (Wildman–Crippen LogP) is 7.29. The highest BCUT2D eigenvalue weighted by molar-refractivity contribution is 6.30. The van der Waals surface area contributed by atoms with Gasteiger partial charge in [0, 0.05) is 21.8 Å². The van der Waals surface area contributed by atoms with E-state index in [2.05, 4.69) is 5.43 Å². The van der Waals surface area contributed by atoms with Crippen LogP contribution in [-0.2, 0) is 22.7 Å². The summed E-state index contributed by atoms with van der Waals surface area (Å²) in [5.74, 6) is 0.279. The molecule has 39 heavy (non-hydrogen) atoms. The summed E-state index contributed by atoms with van der Waals surface area (Å²) >= 11 is 11.9. The number of aromatic nitrogens is 2. The summed E-state index contributed by atoms with van der Waals surface area (Å²) in [6.45, 7) is -0.0826. The molecule has 0 spiro atoms. The molecule has 0 fully saturated rings. The van der Waals surface area contributed by atoms with Crippen molar-refractivity contribution >= 4 is 46.9 Å². The molecule has 1 N–H and O–H groups in total. The van der Waals surface area contributed by atoms with Crippen LogP contribution in [0.1, 0.15) is 11.1 Å². The van der Waals surface area contributed by atoms with Gasteiger partial charge in [-0.1, -0.05) is 83.9 Å². The normalized spacial score (nSPS) is 10.7. The van der Waals surface area contributed by atoms with E-state index in [0.29, 0.717) is 21.4 Å². The highest BCUT2D eigenvalue weighted by atomic mass is 35.5. The van der Waals surface area contributed by atoms with Gasteiger partial charge in [0.2, 0.25) is 0 Å². The Bertz CT molecular complexity index is 1590. The van der Waals surface area contributed by atoms with Crippen molar-refractivity contribution in [2.24, 2.45) is 0 Å². The summed E-state index contributed by atoms with van der Waals surface area (Å²) in [5.41, 5.74) is 5.76. The second kappa shape index (κ2) is 11.9. The fraction of sp³-hybridized carbons (Fsp3) is 0.0690. The third-order valence-corrected chi connectivity index (χ3v) is 6.21. The molecule has 0 saturated heterocycles. The quantitative estimate of drug-likeness (QED) is 0.220. The van der Waals surface area contributed by atoms with Crippen molar-refractivity contribution in [3.05, 3.63) is 124 Å². The van der Waals surface area contributed by atoms with E-state index < -0.39 is 12.2 Å². The molecule has 2 heterocycles. The Morgan fingerprint density at radius 1 is 0.769 bits per heavy atom. The number of ether oxygens (including phenoxy) is 2. The molecule has 0 bridgehead atoms. The summed E-state index contributed by atoms with van der Waals surface area (Å²) in [6.07, 6.45) is 0.0409. The second-order valence-electron chi connectivity index (χ2n) is 8.41. The molecule has 2 aromatic heterocycles. The first-order valence-corrected chi connectivity index (χ1v) is 12.7. The van der Waals surface area contributed by atoms with E-state index in [4.69, 9.17) is 37.7 Å². The molecule has 196 valence electrons. The number of halogens is 2. The van der Waals surface area contributed by atoms with Crippen molar-refractivity contribution in [2.45, 2.75) is 13.2 Å². The second-order valence-corrected chi connectivity index (χ2v) is 9.28. The Morgan fingerprint density at radius 2 is 1.36 bits per heavy atom. The fourth-order valence-corrected chi connectivity index (χ4v) is 4.07. The van der Waals surface area contributed by atoms with Crippen molar-refractivity contribution in [2.75, 3.05) is 5.01 Å². The summed E-state index contributed by atoms with van der Waals surface area (Å²) in [6, 6.07) is 28.5. The monoisotopic (exact) mass is 560 g/mol. The van der Waals surface area contributed by atoms with Gasteiger partial charge in [0.1, 0.15) is 24.6 Å². The minimum Gasteiger partial charge on any atom is -0.443 e. The first-order chi connectivity index (χ1) is 19.0. The number of nitrogens with one attached hydrogen (secondary N) is 1. The highest BCUT2D eigenvalue weighted by Crippen LogP contribution is 2.31. The van der Waals surface area contributed by atoms with Crippen molar-refractivity contribution in [1.82, 2.24) is 14.8 Å². The van der Waals surface area contributed by atoms with Crippen molar-refractivity contribution in [3.8, 4) is 11.3 Å². The molecular formula is C29H22Cl2N4O4. The third kappa shape index (κ3) is 6.31. The minimum absolute atomic E-state index is 0.0324. The number of hydrogen-bond acceptors (Lipinski definition) is 5. The molecule has 0 unspecified atom stereocenters. The maximum atomic E-state index is 13.5. The molecule has 5 aromatic rings. The number of fused-ring (bicyclic) bond motifs is 1. The van der Waals surface area contributed by atoms with Crippen LogP contribution in [-0.4, -0.2) is 21.6 Å². The first-order valence-electron chi connectivity index (χ1n) is 11.9. The Morgan fingerprint density at radius 3 is 2.00 bits per heavy atom. The topological polar surface area (TPSA) is 85.2 Å². The first kappa shape index (κ1) is 26.1. The third-order valence-electron chi connectivity index (χ3n) is 5.71. The van der Waals surface area contributed by atoms with Gasteiger partial charge in [-0.05, 0) is 47.5 Å². The van der Waals surface area contributed by atoms with Crippen LogP contribution >= 0.6 is 23.2 Å². The van der Waals surface area contributed by atoms with Crippen LogP contribution in [0.15, 0.2) is 103 Å². The van der Waals surface area contributed by atoms with Crippen LogP contribution < -0.4 is 10.4 Å². The Balaban J connectivity index is 1.47. The number of hydrazine groups is 1. The lowest BCUT2D eigenvalue weighted by atomic mass is 10.1. The van der Waals surface area contributed by atoms with Crippen LogP contribution in [0.4, 0.5) is 15.4 Å². The number of carbonyl (C=O) groups is 2. The van der Waals surface area contributed by atoms with E-state index in [9.17, 15) is 9.59 Å². The standard InChI is InChI=1S/C29H22Cl2N4O4/c30-23-13-9-20(10-14-23)18-38-28(36)33-35(29(37)39-19-21-11-15-24(31)16-12-21)27-26(22-6-2-1-3-7-22)32-25-8-4-5-17-34(25)27/h1-17H,18-19H2,(H,33,36). The molecule has 0 saturated carbocycles. The molecule has 0 radical (unpaired) electrons. The van der Waals surface area contributed by atoms with Crippen molar-refractivity contribution in [3.63, 3.8) is 0 Å². The lowest BCUT2D eigenvalue weighted by Gasteiger charge is -2.23. The van der Waals surface area contributed by atoms with Gasteiger partial charge in [-0.25, -0.2) is 20.0 Å². The number of nitrogens with zero attached hydrogens (tertiary/aromatic N) is 3. The minimum atomic E-state index is -0.863. The van der Waals surface area contributed by atoms with Crippen molar-refractivity contribution in [1.29, 1.82) is 0 Å². The summed E-state index contributed by atoms with van der Waals surface area (Å²) in [5, 5.41) is 2.14. The molecule has 10 heteroatoms. The Kier molecular flexibility index (Phi) is 7.96. The predicted molar refractivity (Wildman–Crippen MR) is 150 cm³/mol. The van der Waals surface area contributed by atoms with Gasteiger partial charge in [-0.3, -0.25) is 4.40 Å². The van der Waals surface area contributed by atoms with Crippen molar-refractivity contribution < 1.29 is 19.1 Å². The van der Waals surface area contributed by atoms with Gasteiger partial charge in [-0.15, -0.1) is 0 Å². The molecule has 5 rings (SSSR count). The van der Waals surface area contributed by atoms with E-state index in [-0.39, 0.29) is 19.0 Å². The number of pyridine rings is 1. The zero-order valence-corrected chi connectivity index (χ0v) is 22.0. The number of benzene rings is 3. The zero-order valence-electron chi connectivity index (χ0n) is 20.5. The summed E-state index contributed by atoms with van der Waals surface area (Å²) in [7, 11) is 0. The molecule has 8 nitrogen and oxygen atoms in total. The Labute approximate surface area is 234 Å². The highest BCUT2D eigenvalue weighted by Gasteiger charge is 2.28. The van der Waals surface area contributed by atoms with Gasteiger partial charge >= 0.3 is 12.2 Å². The largest absolute Gasteiger partial charge is 0.443 e. The average molecular weight is 561 g/mol. The van der Waals surface area contributed by atoms with Crippen LogP contribution in [0.2, 0.25) is 10.0 Å². The van der Waals surface area contributed by atoms with Gasteiger partial charge in [-0.2, -0.15) is 5.01 Å². The number of hydrogen-bond donors (Lipinski definition) is 1. The van der Waals surface area contributed by atoms with E-state index >= 15 is 0 Å². The number of amides is 2. The number of rotatable bonds is 6. The maximum absolute atomic E-state index is 13.5. The van der Waals surface area contributed by atoms with Gasteiger partial charge in [0.15, 0.2) is 5.82 Å². The summed E-state index contributed by atoms with van der Waals surface area (Å²) in [4.78, 5) is 31.2.